The SMILES string of the molecule is COC1C/C(=C/CP(=O)(c2ccccc2)c2ccccc2)C(C)(C)C(C)C1. The molecule has 0 amide bonds. The van der Waals surface area contributed by atoms with Gasteiger partial charge in [-0.1, -0.05) is 93.1 Å². The lowest BCUT2D eigenvalue weighted by atomic mass is 9.65. The molecule has 1 saturated carbocycles. The number of hydrogen-bond donors (Lipinski definition) is 0. The fourth-order valence-corrected chi connectivity index (χ4v) is 6.56. The van der Waals surface area contributed by atoms with Gasteiger partial charge in [-0.05, 0) is 24.2 Å². The molecule has 0 N–H and O–H groups in total. The van der Waals surface area contributed by atoms with Gasteiger partial charge in [-0.25, -0.2) is 0 Å². The van der Waals surface area contributed by atoms with E-state index in [-0.39, 0.29) is 11.5 Å². The van der Waals surface area contributed by atoms with Gasteiger partial charge in [0.2, 0.25) is 0 Å². The maximum Gasteiger partial charge on any atom is 0.146 e. The summed E-state index contributed by atoms with van der Waals surface area (Å²) in [7, 11) is -0.914. The number of rotatable bonds is 5. The van der Waals surface area contributed by atoms with Crippen LogP contribution in [0, 0.1) is 11.3 Å². The van der Waals surface area contributed by atoms with E-state index in [1.165, 1.54) is 5.57 Å². The number of ether oxygens (including phenoxy) is 1. The first-order valence-electron chi connectivity index (χ1n) is 9.80. The second kappa shape index (κ2) is 8.17. The van der Waals surface area contributed by atoms with Gasteiger partial charge in [-0.2, -0.15) is 0 Å². The molecule has 2 nitrogen and oxygen atoms in total. The first-order chi connectivity index (χ1) is 12.9. The van der Waals surface area contributed by atoms with E-state index in [9.17, 15) is 4.57 Å². The molecule has 2 atom stereocenters. The second-order valence-corrected chi connectivity index (χ2v) is 11.1. The van der Waals surface area contributed by atoms with Crippen LogP contribution in [-0.2, 0) is 9.30 Å². The van der Waals surface area contributed by atoms with Crippen molar-refractivity contribution in [3.63, 3.8) is 0 Å². The van der Waals surface area contributed by atoms with Crippen LogP contribution in [-0.4, -0.2) is 19.4 Å². The van der Waals surface area contributed by atoms with Crippen molar-refractivity contribution in [1.82, 2.24) is 0 Å². The van der Waals surface area contributed by atoms with E-state index in [2.05, 4.69) is 26.8 Å². The van der Waals surface area contributed by atoms with Crippen LogP contribution in [0.3, 0.4) is 0 Å². The van der Waals surface area contributed by atoms with Crippen molar-refractivity contribution < 1.29 is 9.30 Å². The fraction of sp³-hybridized carbons (Fsp3) is 0.417. The Morgan fingerprint density at radius 2 is 1.56 bits per heavy atom. The number of allylic oxidation sites excluding steroid dienone is 1. The lowest BCUT2D eigenvalue weighted by Gasteiger charge is -2.42. The number of methoxy groups -OCH3 is 1. The third-order valence-electron chi connectivity index (χ3n) is 6.40. The molecule has 2 aromatic carbocycles. The predicted molar refractivity (Wildman–Crippen MR) is 116 cm³/mol. The average Bonchev–Trinajstić information content (AvgIpc) is 2.70. The maximum atomic E-state index is 14.2. The van der Waals surface area contributed by atoms with Crippen LogP contribution in [0.2, 0.25) is 0 Å². The Morgan fingerprint density at radius 1 is 1.04 bits per heavy atom. The normalized spacial score (nSPS) is 24.1. The maximum absolute atomic E-state index is 14.2. The molecule has 3 rings (SSSR count). The topological polar surface area (TPSA) is 26.3 Å². The van der Waals surface area contributed by atoms with Gasteiger partial charge in [0.25, 0.3) is 0 Å². The molecule has 0 aromatic heterocycles. The zero-order valence-corrected chi connectivity index (χ0v) is 17.8. The summed E-state index contributed by atoms with van der Waals surface area (Å²) >= 11 is 0. The van der Waals surface area contributed by atoms with Gasteiger partial charge in [0.1, 0.15) is 7.14 Å². The van der Waals surface area contributed by atoms with Gasteiger partial charge >= 0.3 is 0 Å². The summed E-state index contributed by atoms with van der Waals surface area (Å²) in [5.41, 5.74) is 1.48. The Balaban J connectivity index is 2.00. The van der Waals surface area contributed by atoms with Gasteiger partial charge in [-0.15, -0.1) is 0 Å². The molecule has 2 aromatic rings. The summed E-state index contributed by atoms with van der Waals surface area (Å²) in [6, 6.07) is 19.9. The summed E-state index contributed by atoms with van der Waals surface area (Å²) in [5.74, 6) is 0.537. The standard InChI is InChI=1S/C24H31O2P/c1-19-17-21(26-4)18-20(24(19,2)3)15-16-27(25,22-11-7-5-8-12-22)23-13-9-6-10-14-23/h5-15,19,21H,16-18H2,1-4H3/b20-15-. The molecule has 0 radical (unpaired) electrons. The van der Waals surface area contributed by atoms with Crippen LogP contribution < -0.4 is 10.6 Å². The smallest absolute Gasteiger partial charge is 0.146 e. The van der Waals surface area contributed by atoms with E-state index >= 15 is 0 Å². The van der Waals surface area contributed by atoms with Gasteiger partial charge in [-0.3, -0.25) is 0 Å². The summed E-state index contributed by atoms with van der Waals surface area (Å²) in [4.78, 5) is 0. The summed E-state index contributed by atoms with van der Waals surface area (Å²) in [6.45, 7) is 6.92. The largest absolute Gasteiger partial charge is 0.381 e. The molecule has 1 fully saturated rings. The molecule has 0 spiro atoms. The van der Waals surface area contributed by atoms with Crippen molar-refractivity contribution >= 4 is 17.8 Å². The molecule has 0 aliphatic heterocycles. The third kappa shape index (κ3) is 4.13. The predicted octanol–water partition coefficient (Wildman–Crippen LogP) is 5.40. The Kier molecular flexibility index (Phi) is 6.08. The van der Waals surface area contributed by atoms with Gasteiger partial charge in [0.05, 0.1) is 6.10 Å². The molecule has 0 heterocycles. The van der Waals surface area contributed by atoms with Crippen molar-refractivity contribution in [3.8, 4) is 0 Å². The Bertz CT molecular complexity index is 780. The molecule has 2 unspecified atom stereocenters. The van der Waals surface area contributed by atoms with E-state index in [0.717, 1.165) is 23.5 Å². The van der Waals surface area contributed by atoms with E-state index in [1.54, 1.807) is 7.11 Å². The van der Waals surface area contributed by atoms with Crippen molar-refractivity contribution in [2.24, 2.45) is 11.3 Å². The lowest BCUT2D eigenvalue weighted by Crippen LogP contribution is -2.35. The molecule has 0 bridgehead atoms. The molecule has 1 aliphatic rings. The van der Waals surface area contributed by atoms with Crippen LogP contribution in [0.4, 0.5) is 0 Å². The van der Waals surface area contributed by atoms with Crippen molar-refractivity contribution in [2.75, 3.05) is 13.3 Å². The highest BCUT2D eigenvalue weighted by molar-refractivity contribution is 7.78. The molecule has 3 heteroatoms. The van der Waals surface area contributed by atoms with E-state index in [4.69, 9.17) is 4.74 Å². The highest BCUT2D eigenvalue weighted by atomic mass is 31.2. The fourth-order valence-electron chi connectivity index (χ4n) is 4.06. The van der Waals surface area contributed by atoms with Crippen molar-refractivity contribution in [1.29, 1.82) is 0 Å². The van der Waals surface area contributed by atoms with Gasteiger partial charge in [0.15, 0.2) is 0 Å². The number of hydrogen-bond acceptors (Lipinski definition) is 2. The summed E-state index contributed by atoms with van der Waals surface area (Å²) < 4.78 is 19.9. The second-order valence-electron chi connectivity index (χ2n) is 8.24. The Morgan fingerprint density at radius 3 is 2.04 bits per heavy atom. The quantitative estimate of drug-likeness (QED) is 0.511. The van der Waals surface area contributed by atoms with Gasteiger partial charge in [0, 0.05) is 23.9 Å². The van der Waals surface area contributed by atoms with Gasteiger partial charge < -0.3 is 9.30 Å². The monoisotopic (exact) mass is 382 g/mol. The van der Waals surface area contributed by atoms with Crippen LogP contribution in [0.5, 0.6) is 0 Å². The van der Waals surface area contributed by atoms with Crippen molar-refractivity contribution in [2.45, 2.75) is 39.7 Å². The minimum Gasteiger partial charge on any atom is -0.381 e. The minimum atomic E-state index is -2.71. The molecular weight excluding hydrogens is 351 g/mol. The molecule has 0 saturated heterocycles. The Labute approximate surface area is 164 Å². The van der Waals surface area contributed by atoms with Crippen LogP contribution in [0.25, 0.3) is 0 Å². The Hall–Kier alpha value is -1.63. The molecule has 27 heavy (non-hydrogen) atoms. The first-order valence-corrected chi connectivity index (χ1v) is 11.7. The number of benzene rings is 2. The van der Waals surface area contributed by atoms with Crippen LogP contribution >= 0.6 is 7.14 Å². The zero-order chi connectivity index (χ0) is 19.5. The summed E-state index contributed by atoms with van der Waals surface area (Å²) in [6.07, 6.45) is 5.07. The first kappa shape index (κ1) is 20.1. The molecular formula is C24H31O2P. The van der Waals surface area contributed by atoms with Crippen LogP contribution in [0.15, 0.2) is 72.3 Å². The lowest BCUT2D eigenvalue weighted by molar-refractivity contribution is 0.0372. The molecule has 144 valence electrons. The zero-order valence-electron chi connectivity index (χ0n) is 16.9. The summed E-state index contributed by atoms with van der Waals surface area (Å²) in [5, 5.41) is 1.86. The van der Waals surface area contributed by atoms with Crippen LogP contribution in [0.1, 0.15) is 33.6 Å². The third-order valence-corrected chi connectivity index (χ3v) is 9.36. The average molecular weight is 382 g/mol. The minimum absolute atomic E-state index is 0.104. The highest BCUT2D eigenvalue weighted by Gasteiger charge is 2.38. The molecule has 1 aliphatic carbocycles. The van der Waals surface area contributed by atoms with E-state index < -0.39 is 7.14 Å². The van der Waals surface area contributed by atoms with E-state index in [0.29, 0.717) is 12.1 Å². The van der Waals surface area contributed by atoms with E-state index in [1.807, 2.05) is 60.7 Å². The highest BCUT2D eigenvalue weighted by Crippen LogP contribution is 2.48. The van der Waals surface area contributed by atoms with Crippen molar-refractivity contribution in [3.05, 3.63) is 72.3 Å².